The van der Waals surface area contributed by atoms with E-state index >= 15 is 0 Å². The van der Waals surface area contributed by atoms with Crippen LogP contribution in [-0.2, 0) is 4.79 Å². The molecule has 0 spiro atoms. The third kappa shape index (κ3) is 4.51. The number of hydrogen-bond donors (Lipinski definition) is 2. The van der Waals surface area contributed by atoms with Gasteiger partial charge >= 0.3 is 0 Å². The molecule has 0 saturated heterocycles. The summed E-state index contributed by atoms with van der Waals surface area (Å²) >= 11 is 3.43. The van der Waals surface area contributed by atoms with E-state index in [1.54, 1.807) is 7.11 Å². The van der Waals surface area contributed by atoms with Crippen LogP contribution in [0.5, 0.6) is 5.75 Å². The second-order valence-electron chi connectivity index (χ2n) is 4.52. The van der Waals surface area contributed by atoms with Gasteiger partial charge in [-0.25, -0.2) is 0 Å². The molecule has 1 aromatic rings. The quantitative estimate of drug-likeness (QED) is 0.843. The van der Waals surface area contributed by atoms with Gasteiger partial charge in [0.1, 0.15) is 5.75 Å². The van der Waals surface area contributed by atoms with Crippen molar-refractivity contribution in [1.82, 2.24) is 5.32 Å². The zero-order valence-electron chi connectivity index (χ0n) is 11.6. The molecule has 19 heavy (non-hydrogen) atoms. The summed E-state index contributed by atoms with van der Waals surface area (Å²) in [5.74, 6) is 0.659. The summed E-state index contributed by atoms with van der Waals surface area (Å²) in [4.78, 5) is 11.9. The number of hydrogen-bond acceptors (Lipinski definition) is 3. The molecule has 3 N–H and O–H groups in total. The molecular formula is C14H21BrN2O2. The van der Waals surface area contributed by atoms with Crippen LogP contribution < -0.4 is 15.8 Å². The molecule has 5 heteroatoms. The summed E-state index contributed by atoms with van der Waals surface area (Å²) < 4.78 is 6.04. The third-order valence-electron chi connectivity index (χ3n) is 2.97. The van der Waals surface area contributed by atoms with Gasteiger partial charge in [0.05, 0.1) is 23.7 Å². The van der Waals surface area contributed by atoms with Crippen LogP contribution in [-0.4, -0.2) is 19.1 Å². The van der Waals surface area contributed by atoms with E-state index in [0.29, 0.717) is 6.42 Å². The van der Waals surface area contributed by atoms with E-state index in [9.17, 15) is 4.79 Å². The Labute approximate surface area is 122 Å². The summed E-state index contributed by atoms with van der Waals surface area (Å²) in [5, 5.41) is 2.92. The van der Waals surface area contributed by atoms with Gasteiger partial charge in [-0.3, -0.25) is 4.79 Å². The van der Waals surface area contributed by atoms with E-state index in [1.807, 2.05) is 32.0 Å². The van der Waals surface area contributed by atoms with Crippen LogP contribution in [0.25, 0.3) is 0 Å². The van der Waals surface area contributed by atoms with E-state index in [0.717, 1.165) is 22.2 Å². The number of nitrogens with one attached hydrogen (secondary N) is 1. The summed E-state index contributed by atoms with van der Waals surface area (Å²) in [6.45, 7) is 3.95. The number of amides is 1. The number of carbonyl (C=O) groups is 1. The third-order valence-corrected chi connectivity index (χ3v) is 3.59. The molecule has 2 atom stereocenters. The van der Waals surface area contributed by atoms with Gasteiger partial charge in [0.25, 0.3) is 0 Å². The molecule has 4 nitrogen and oxygen atoms in total. The Morgan fingerprint density at radius 2 is 2.21 bits per heavy atom. The van der Waals surface area contributed by atoms with Crippen LogP contribution in [0.2, 0.25) is 0 Å². The number of methoxy groups -OCH3 is 1. The lowest BCUT2D eigenvalue weighted by Gasteiger charge is -2.18. The van der Waals surface area contributed by atoms with Crippen molar-refractivity contribution in [3.8, 4) is 5.75 Å². The predicted molar refractivity (Wildman–Crippen MR) is 80.1 cm³/mol. The first kappa shape index (κ1) is 16.0. The van der Waals surface area contributed by atoms with Crippen molar-refractivity contribution >= 4 is 21.8 Å². The highest BCUT2D eigenvalue weighted by atomic mass is 79.9. The number of ether oxygens (including phenoxy) is 1. The highest BCUT2D eigenvalue weighted by Crippen LogP contribution is 2.27. The Kier molecular flexibility index (Phi) is 6.31. The van der Waals surface area contributed by atoms with Crippen LogP contribution >= 0.6 is 15.9 Å². The Morgan fingerprint density at radius 3 is 2.74 bits per heavy atom. The van der Waals surface area contributed by atoms with E-state index < -0.39 is 6.04 Å². The molecule has 1 aromatic carbocycles. The molecule has 0 aliphatic heterocycles. The zero-order valence-corrected chi connectivity index (χ0v) is 13.2. The van der Waals surface area contributed by atoms with Gasteiger partial charge in [0, 0.05) is 0 Å². The van der Waals surface area contributed by atoms with Crippen LogP contribution in [0.15, 0.2) is 22.7 Å². The first-order valence-electron chi connectivity index (χ1n) is 6.39. The van der Waals surface area contributed by atoms with Gasteiger partial charge in [-0.1, -0.05) is 19.4 Å². The maximum Gasteiger partial charge on any atom is 0.237 e. The van der Waals surface area contributed by atoms with E-state index in [1.165, 1.54) is 0 Å². The summed E-state index contributed by atoms with van der Waals surface area (Å²) in [5.41, 5.74) is 6.79. The second kappa shape index (κ2) is 7.50. The molecule has 106 valence electrons. The number of benzene rings is 1. The average Bonchev–Trinajstić information content (AvgIpc) is 2.38. The molecule has 0 heterocycles. The lowest BCUT2D eigenvalue weighted by Crippen LogP contribution is -2.41. The Bertz CT molecular complexity index is 437. The molecule has 0 radical (unpaired) electrons. The van der Waals surface area contributed by atoms with Gasteiger partial charge in [0.2, 0.25) is 5.91 Å². The Hall–Kier alpha value is -1.07. The van der Waals surface area contributed by atoms with E-state index in [4.69, 9.17) is 10.5 Å². The molecule has 0 aromatic heterocycles. The molecule has 1 rings (SSSR count). The monoisotopic (exact) mass is 328 g/mol. The van der Waals surface area contributed by atoms with Crippen LogP contribution in [0.4, 0.5) is 0 Å². The first-order chi connectivity index (χ1) is 8.99. The number of carbonyl (C=O) groups excluding carboxylic acids is 1. The highest BCUT2D eigenvalue weighted by Gasteiger charge is 2.16. The fourth-order valence-electron chi connectivity index (χ4n) is 1.80. The smallest absolute Gasteiger partial charge is 0.237 e. The van der Waals surface area contributed by atoms with Gasteiger partial charge in [-0.2, -0.15) is 0 Å². The van der Waals surface area contributed by atoms with Gasteiger partial charge in [-0.15, -0.1) is 0 Å². The predicted octanol–water partition coefficient (Wildman–Crippen LogP) is 2.76. The summed E-state index contributed by atoms with van der Waals surface area (Å²) in [6, 6.07) is 5.22. The van der Waals surface area contributed by atoms with Gasteiger partial charge in [-0.05, 0) is 47.0 Å². The minimum absolute atomic E-state index is 0.0855. The maximum atomic E-state index is 11.9. The van der Waals surface area contributed by atoms with Crippen molar-refractivity contribution in [2.75, 3.05) is 7.11 Å². The van der Waals surface area contributed by atoms with Gasteiger partial charge in [0.15, 0.2) is 0 Å². The Morgan fingerprint density at radius 1 is 1.53 bits per heavy atom. The normalized spacial score (nSPS) is 13.7. The molecule has 0 saturated carbocycles. The molecular weight excluding hydrogens is 308 g/mol. The molecule has 0 bridgehead atoms. The fourth-order valence-corrected chi connectivity index (χ4v) is 2.36. The summed E-state index contributed by atoms with van der Waals surface area (Å²) in [6.07, 6.45) is 1.60. The standard InChI is InChI=1S/C14H21BrN2O2/c1-4-5-12(16)14(18)17-9(2)10-6-7-13(19-3)11(15)8-10/h6-9,12H,4-5,16H2,1-3H3,(H,17,18)/t9?,12-/m0/s1. The van der Waals surface area contributed by atoms with E-state index in [2.05, 4.69) is 21.2 Å². The molecule has 1 unspecified atom stereocenters. The molecule has 0 aliphatic rings. The molecule has 0 fully saturated rings. The van der Waals surface area contributed by atoms with Crippen LogP contribution in [0.1, 0.15) is 38.3 Å². The second-order valence-corrected chi connectivity index (χ2v) is 5.37. The minimum atomic E-state index is -0.436. The lowest BCUT2D eigenvalue weighted by molar-refractivity contribution is -0.123. The maximum absolute atomic E-state index is 11.9. The van der Waals surface area contributed by atoms with Crippen LogP contribution in [0, 0.1) is 0 Å². The lowest BCUT2D eigenvalue weighted by atomic mass is 10.1. The van der Waals surface area contributed by atoms with Crippen molar-refractivity contribution in [2.24, 2.45) is 5.73 Å². The average molecular weight is 329 g/mol. The highest BCUT2D eigenvalue weighted by molar-refractivity contribution is 9.10. The van der Waals surface area contributed by atoms with Crippen molar-refractivity contribution in [1.29, 1.82) is 0 Å². The van der Waals surface area contributed by atoms with Crippen LogP contribution in [0.3, 0.4) is 0 Å². The van der Waals surface area contributed by atoms with Gasteiger partial charge < -0.3 is 15.8 Å². The number of rotatable bonds is 6. The topological polar surface area (TPSA) is 64.4 Å². The molecule has 1 amide bonds. The number of nitrogens with two attached hydrogens (primary N) is 1. The van der Waals surface area contributed by atoms with Crippen molar-refractivity contribution < 1.29 is 9.53 Å². The van der Waals surface area contributed by atoms with Crippen molar-refractivity contribution in [2.45, 2.75) is 38.8 Å². The van der Waals surface area contributed by atoms with E-state index in [-0.39, 0.29) is 11.9 Å². The summed E-state index contributed by atoms with van der Waals surface area (Å²) in [7, 11) is 1.62. The fraction of sp³-hybridized carbons (Fsp3) is 0.500. The first-order valence-corrected chi connectivity index (χ1v) is 7.18. The SMILES string of the molecule is CCC[C@H](N)C(=O)NC(C)c1ccc(OC)c(Br)c1. The molecule has 0 aliphatic carbocycles. The van der Waals surface area contributed by atoms with Crippen molar-refractivity contribution in [3.05, 3.63) is 28.2 Å². The van der Waals surface area contributed by atoms with Crippen molar-refractivity contribution in [3.63, 3.8) is 0 Å². The largest absolute Gasteiger partial charge is 0.496 e. The Balaban J connectivity index is 2.70. The minimum Gasteiger partial charge on any atom is -0.496 e. The zero-order chi connectivity index (χ0) is 14.4. The number of halogens is 1.